The minimum atomic E-state index is -0.588. The zero-order valence-corrected chi connectivity index (χ0v) is 15.9. The molecule has 0 saturated carbocycles. The van der Waals surface area contributed by atoms with Crippen LogP contribution in [0.4, 0.5) is 0 Å². The van der Waals surface area contributed by atoms with Gasteiger partial charge in [-0.15, -0.1) is 0 Å². The summed E-state index contributed by atoms with van der Waals surface area (Å²) < 4.78 is 7.34. The molecular formula is C20H21ClN4O3. The van der Waals surface area contributed by atoms with Crippen LogP contribution >= 0.6 is 11.6 Å². The third-order valence-corrected chi connectivity index (χ3v) is 4.35. The fourth-order valence-electron chi connectivity index (χ4n) is 2.69. The van der Waals surface area contributed by atoms with Gasteiger partial charge in [0, 0.05) is 29.4 Å². The van der Waals surface area contributed by atoms with E-state index in [1.807, 2.05) is 36.4 Å². The molecular weight excluding hydrogens is 380 g/mol. The number of halogens is 1. The second kappa shape index (κ2) is 9.34. The monoisotopic (exact) mass is 400 g/mol. The van der Waals surface area contributed by atoms with Crippen molar-refractivity contribution < 1.29 is 14.6 Å². The molecule has 3 rings (SSSR count). The van der Waals surface area contributed by atoms with Crippen molar-refractivity contribution in [2.75, 3.05) is 6.61 Å². The molecule has 7 nitrogen and oxygen atoms in total. The molecule has 0 aliphatic heterocycles. The van der Waals surface area contributed by atoms with E-state index >= 15 is 0 Å². The summed E-state index contributed by atoms with van der Waals surface area (Å²) in [5.74, 6) is -0.0578. The third-order valence-electron chi connectivity index (χ3n) is 4.10. The number of carbonyl (C=O) groups is 1. The lowest BCUT2D eigenvalue weighted by Gasteiger charge is -2.12. The molecule has 1 aromatic carbocycles. The SMILES string of the molecule is NC(=O)c1cn(C[C@@H](O)CCCOc2cccc(-c3ccc(Cl)cc3)n2)cn1. The number of benzene rings is 1. The van der Waals surface area contributed by atoms with Gasteiger partial charge in [-0.3, -0.25) is 4.79 Å². The number of hydrogen-bond donors (Lipinski definition) is 2. The van der Waals surface area contributed by atoms with E-state index in [1.165, 1.54) is 12.5 Å². The summed E-state index contributed by atoms with van der Waals surface area (Å²) in [6.07, 6.45) is 3.62. The molecule has 0 aliphatic carbocycles. The van der Waals surface area contributed by atoms with Gasteiger partial charge in [-0.05, 0) is 31.0 Å². The first kappa shape index (κ1) is 19.9. The van der Waals surface area contributed by atoms with Crippen LogP contribution in [0.1, 0.15) is 23.3 Å². The molecule has 8 heteroatoms. The van der Waals surface area contributed by atoms with Gasteiger partial charge in [0.25, 0.3) is 5.91 Å². The molecule has 3 aromatic rings. The van der Waals surface area contributed by atoms with Gasteiger partial charge in [0.05, 0.1) is 24.7 Å². The lowest BCUT2D eigenvalue weighted by molar-refractivity contribution is 0.0995. The summed E-state index contributed by atoms with van der Waals surface area (Å²) in [5, 5.41) is 10.8. The number of primary amides is 1. The Morgan fingerprint density at radius 1 is 1.25 bits per heavy atom. The molecule has 3 N–H and O–H groups in total. The van der Waals surface area contributed by atoms with Gasteiger partial charge in [-0.2, -0.15) is 0 Å². The Labute approximate surface area is 167 Å². The van der Waals surface area contributed by atoms with Crippen molar-refractivity contribution in [3.8, 4) is 17.1 Å². The summed E-state index contributed by atoms with van der Waals surface area (Å²) in [4.78, 5) is 19.4. The maximum Gasteiger partial charge on any atom is 0.268 e. The predicted octanol–water partition coefficient (Wildman–Crippen LogP) is 2.92. The second-order valence-corrected chi connectivity index (χ2v) is 6.77. The lowest BCUT2D eigenvalue weighted by Crippen LogP contribution is -2.16. The van der Waals surface area contributed by atoms with Crippen LogP contribution in [0.15, 0.2) is 55.0 Å². The van der Waals surface area contributed by atoms with Crippen molar-refractivity contribution in [2.45, 2.75) is 25.5 Å². The molecule has 0 aliphatic rings. The average Bonchev–Trinajstić information content (AvgIpc) is 3.15. The molecule has 0 radical (unpaired) electrons. The molecule has 0 unspecified atom stereocenters. The van der Waals surface area contributed by atoms with Crippen LogP contribution in [-0.2, 0) is 6.54 Å². The number of aliphatic hydroxyl groups is 1. The van der Waals surface area contributed by atoms with E-state index in [9.17, 15) is 9.90 Å². The molecule has 0 saturated heterocycles. The summed E-state index contributed by atoms with van der Waals surface area (Å²) in [6, 6.07) is 13.0. The number of nitrogens with zero attached hydrogens (tertiary/aromatic N) is 3. The molecule has 0 bridgehead atoms. The van der Waals surface area contributed by atoms with Crippen LogP contribution in [0.25, 0.3) is 11.3 Å². The second-order valence-electron chi connectivity index (χ2n) is 6.33. The maximum absolute atomic E-state index is 11.0. The van der Waals surface area contributed by atoms with Crippen LogP contribution < -0.4 is 10.5 Å². The highest BCUT2D eigenvalue weighted by Gasteiger charge is 2.09. The zero-order valence-electron chi connectivity index (χ0n) is 15.2. The van der Waals surface area contributed by atoms with Gasteiger partial charge in [-0.1, -0.05) is 29.8 Å². The number of aromatic nitrogens is 3. The van der Waals surface area contributed by atoms with Gasteiger partial charge in [0.2, 0.25) is 5.88 Å². The number of amides is 1. The van der Waals surface area contributed by atoms with Gasteiger partial charge >= 0.3 is 0 Å². The van der Waals surface area contributed by atoms with E-state index < -0.39 is 12.0 Å². The minimum absolute atomic E-state index is 0.183. The Bertz CT molecular complexity index is 927. The Kier molecular flexibility index (Phi) is 6.62. The summed E-state index contributed by atoms with van der Waals surface area (Å²) >= 11 is 5.92. The fraction of sp³-hybridized carbons (Fsp3) is 0.250. The number of pyridine rings is 1. The van der Waals surface area contributed by atoms with Gasteiger partial charge < -0.3 is 20.1 Å². The van der Waals surface area contributed by atoms with E-state index in [4.69, 9.17) is 22.1 Å². The number of carbonyl (C=O) groups excluding carboxylic acids is 1. The Balaban J connectivity index is 1.45. The zero-order chi connectivity index (χ0) is 19.9. The number of aliphatic hydroxyl groups excluding tert-OH is 1. The van der Waals surface area contributed by atoms with E-state index in [1.54, 1.807) is 10.6 Å². The predicted molar refractivity (Wildman–Crippen MR) is 106 cm³/mol. The highest BCUT2D eigenvalue weighted by Crippen LogP contribution is 2.21. The topological polar surface area (TPSA) is 103 Å². The number of nitrogens with two attached hydrogens (primary N) is 1. The molecule has 2 aromatic heterocycles. The highest BCUT2D eigenvalue weighted by molar-refractivity contribution is 6.30. The lowest BCUT2D eigenvalue weighted by atomic mass is 10.1. The molecule has 28 heavy (non-hydrogen) atoms. The van der Waals surface area contributed by atoms with Gasteiger partial charge in [0.1, 0.15) is 5.69 Å². The van der Waals surface area contributed by atoms with E-state index in [2.05, 4.69) is 9.97 Å². The van der Waals surface area contributed by atoms with Crippen LogP contribution in [0.2, 0.25) is 5.02 Å². The molecule has 1 amide bonds. The van der Waals surface area contributed by atoms with Crippen molar-refractivity contribution >= 4 is 17.5 Å². The van der Waals surface area contributed by atoms with Crippen molar-refractivity contribution in [1.29, 1.82) is 0 Å². The average molecular weight is 401 g/mol. The number of hydrogen-bond acceptors (Lipinski definition) is 5. The molecule has 2 heterocycles. The highest BCUT2D eigenvalue weighted by atomic mass is 35.5. The molecule has 1 atom stereocenters. The van der Waals surface area contributed by atoms with E-state index in [0.717, 1.165) is 11.3 Å². The van der Waals surface area contributed by atoms with Crippen molar-refractivity contribution in [3.05, 3.63) is 65.7 Å². The number of ether oxygens (including phenoxy) is 1. The summed E-state index contributed by atoms with van der Waals surface area (Å²) in [5.41, 5.74) is 7.11. The van der Waals surface area contributed by atoms with Crippen LogP contribution in [0.3, 0.4) is 0 Å². The first-order valence-electron chi connectivity index (χ1n) is 8.86. The maximum atomic E-state index is 11.0. The van der Waals surface area contributed by atoms with E-state index in [0.29, 0.717) is 36.9 Å². The smallest absolute Gasteiger partial charge is 0.268 e. The van der Waals surface area contributed by atoms with Crippen molar-refractivity contribution in [1.82, 2.24) is 14.5 Å². The van der Waals surface area contributed by atoms with Crippen molar-refractivity contribution in [2.24, 2.45) is 5.73 Å². The third kappa shape index (κ3) is 5.55. The van der Waals surface area contributed by atoms with E-state index in [-0.39, 0.29) is 5.69 Å². The quantitative estimate of drug-likeness (QED) is 0.537. The van der Waals surface area contributed by atoms with Crippen LogP contribution in [0.5, 0.6) is 5.88 Å². The Morgan fingerprint density at radius 3 is 2.75 bits per heavy atom. The van der Waals surface area contributed by atoms with Crippen LogP contribution in [0, 0.1) is 0 Å². The number of rotatable bonds is 9. The standard InChI is InChI=1S/C20H21ClN4O3/c21-15-8-6-14(7-9-15)17-4-1-5-19(24-17)28-10-2-3-16(26)11-25-12-18(20(22)27)23-13-25/h1,4-9,12-13,16,26H,2-3,10-11H2,(H2,22,27)/t16-/m0/s1. The first-order chi connectivity index (χ1) is 13.5. The molecule has 146 valence electrons. The van der Waals surface area contributed by atoms with Gasteiger partial charge in [-0.25, -0.2) is 9.97 Å². The van der Waals surface area contributed by atoms with Crippen LogP contribution in [-0.4, -0.2) is 38.3 Å². The Morgan fingerprint density at radius 2 is 2.04 bits per heavy atom. The summed E-state index contributed by atoms with van der Waals surface area (Å²) in [6.45, 7) is 0.773. The number of imidazole rings is 1. The minimum Gasteiger partial charge on any atom is -0.478 e. The summed E-state index contributed by atoms with van der Waals surface area (Å²) in [7, 11) is 0. The molecule has 0 fully saturated rings. The largest absolute Gasteiger partial charge is 0.478 e. The normalized spacial score (nSPS) is 11.9. The van der Waals surface area contributed by atoms with Crippen molar-refractivity contribution in [3.63, 3.8) is 0 Å². The molecule has 0 spiro atoms. The Hall–Kier alpha value is -2.90. The first-order valence-corrected chi connectivity index (χ1v) is 9.24. The van der Waals surface area contributed by atoms with Gasteiger partial charge in [0.15, 0.2) is 0 Å². The fourth-order valence-corrected chi connectivity index (χ4v) is 2.82.